The van der Waals surface area contributed by atoms with Crippen LogP contribution in [-0.2, 0) is 11.3 Å². The lowest BCUT2D eigenvalue weighted by atomic mass is 9.98. The maximum atomic E-state index is 13.4. The van der Waals surface area contributed by atoms with Crippen LogP contribution in [0.4, 0.5) is 11.4 Å². The van der Waals surface area contributed by atoms with Gasteiger partial charge >= 0.3 is 0 Å². The van der Waals surface area contributed by atoms with E-state index in [2.05, 4.69) is 57.0 Å². The van der Waals surface area contributed by atoms with Crippen molar-refractivity contribution in [2.24, 2.45) is 0 Å². The van der Waals surface area contributed by atoms with Gasteiger partial charge in [0.25, 0.3) is 11.8 Å². The number of hydrogen-bond acceptors (Lipinski definition) is 5. The van der Waals surface area contributed by atoms with E-state index in [-0.39, 0.29) is 17.9 Å². The molecule has 2 aliphatic rings. The standard InChI is InChI=1S/C35H35N5O2/c1-2-30(25-8-4-3-5-9-25)38-34(41)27-12-15-31-29(22-27)32(35(42)39-31)33(26-16-18-36-19-17-26)37-28-13-10-24(11-14-28)23-40-20-6-7-21-40/h3-5,8-19,22,30,37H,2,6-7,20-21,23H2,1H3,(H,38,41)(H,39,42)/b33-32-. The minimum Gasteiger partial charge on any atom is -0.354 e. The molecule has 7 heteroatoms. The van der Waals surface area contributed by atoms with E-state index in [1.807, 2.05) is 42.5 Å². The van der Waals surface area contributed by atoms with Gasteiger partial charge < -0.3 is 16.0 Å². The van der Waals surface area contributed by atoms with Gasteiger partial charge in [0.05, 0.1) is 17.3 Å². The fourth-order valence-electron chi connectivity index (χ4n) is 5.74. The molecule has 212 valence electrons. The number of carbonyl (C=O) groups excluding carboxylic acids is 2. The summed E-state index contributed by atoms with van der Waals surface area (Å²) in [6.45, 7) is 5.30. The van der Waals surface area contributed by atoms with Gasteiger partial charge in [-0.3, -0.25) is 19.5 Å². The van der Waals surface area contributed by atoms with Crippen molar-refractivity contribution in [2.75, 3.05) is 23.7 Å². The van der Waals surface area contributed by atoms with Crippen LogP contribution in [0, 0.1) is 0 Å². The third-order valence-electron chi connectivity index (χ3n) is 7.99. The number of hydrogen-bond donors (Lipinski definition) is 3. The van der Waals surface area contributed by atoms with Crippen LogP contribution in [0.1, 0.15) is 64.8 Å². The van der Waals surface area contributed by atoms with Crippen LogP contribution >= 0.6 is 0 Å². The Bertz CT molecular complexity index is 1590. The highest BCUT2D eigenvalue weighted by molar-refractivity contribution is 6.37. The van der Waals surface area contributed by atoms with Crippen LogP contribution in [-0.4, -0.2) is 34.8 Å². The molecule has 0 spiro atoms. The molecule has 1 unspecified atom stereocenters. The zero-order valence-corrected chi connectivity index (χ0v) is 23.8. The van der Waals surface area contributed by atoms with Gasteiger partial charge in [-0.1, -0.05) is 49.4 Å². The monoisotopic (exact) mass is 557 g/mol. The molecule has 0 bridgehead atoms. The Labute approximate surface area is 246 Å². The highest BCUT2D eigenvalue weighted by Gasteiger charge is 2.30. The van der Waals surface area contributed by atoms with Crippen LogP contribution in [0.5, 0.6) is 0 Å². The van der Waals surface area contributed by atoms with E-state index in [9.17, 15) is 9.59 Å². The van der Waals surface area contributed by atoms with Crippen LogP contribution < -0.4 is 16.0 Å². The van der Waals surface area contributed by atoms with Gasteiger partial charge in [0.15, 0.2) is 0 Å². The first kappa shape index (κ1) is 27.4. The number of anilines is 2. The van der Waals surface area contributed by atoms with Crippen molar-refractivity contribution in [3.8, 4) is 0 Å². The van der Waals surface area contributed by atoms with E-state index in [1.54, 1.807) is 30.6 Å². The van der Waals surface area contributed by atoms with Gasteiger partial charge in [-0.05, 0) is 85.9 Å². The Balaban J connectivity index is 1.32. The smallest absolute Gasteiger partial charge is 0.258 e. The lowest BCUT2D eigenvalue weighted by Gasteiger charge is -2.18. The highest BCUT2D eigenvalue weighted by atomic mass is 16.2. The fraction of sp³-hybridized carbons (Fsp3) is 0.229. The number of benzene rings is 3. The maximum absolute atomic E-state index is 13.4. The van der Waals surface area contributed by atoms with E-state index in [4.69, 9.17) is 0 Å². The summed E-state index contributed by atoms with van der Waals surface area (Å²) in [4.78, 5) is 33.5. The summed E-state index contributed by atoms with van der Waals surface area (Å²) in [5, 5.41) is 9.67. The summed E-state index contributed by atoms with van der Waals surface area (Å²) in [6, 6.07) is 27.4. The van der Waals surface area contributed by atoms with Gasteiger partial charge in [0.1, 0.15) is 0 Å². The molecule has 0 saturated carbocycles. The lowest BCUT2D eigenvalue weighted by Crippen LogP contribution is -2.28. The Morgan fingerprint density at radius 3 is 2.38 bits per heavy atom. The number of nitrogens with one attached hydrogen (secondary N) is 3. The molecular weight excluding hydrogens is 522 g/mol. The maximum Gasteiger partial charge on any atom is 0.258 e. The molecule has 0 radical (unpaired) electrons. The molecule has 7 nitrogen and oxygen atoms in total. The second-order valence-electron chi connectivity index (χ2n) is 10.9. The SMILES string of the molecule is CCC(NC(=O)c1ccc2c(c1)/C(=C(/Nc1ccc(CN3CCCC3)cc1)c1ccncc1)C(=O)N2)c1ccccc1. The van der Waals surface area contributed by atoms with Crippen molar-refractivity contribution in [2.45, 2.75) is 38.8 Å². The first-order valence-electron chi connectivity index (χ1n) is 14.6. The first-order valence-corrected chi connectivity index (χ1v) is 14.6. The molecule has 1 aromatic heterocycles. The van der Waals surface area contributed by atoms with Crippen molar-refractivity contribution in [1.29, 1.82) is 0 Å². The van der Waals surface area contributed by atoms with E-state index in [0.717, 1.165) is 42.9 Å². The summed E-state index contributed by atoms with van der Waals surface area (Å²) in [7, 11) is 0. The summed E-state index contributed by atoms with van der Waals surface area (Å²) >= 11 is 0. The molecule has 3 N–H and O–H groups in total. The molecule has 2 amide bonds. The number of fused-ring (bicyclic) bond motifs is 1. The summed E-state index contributed by atoms with van der Waals surface area (Å²) in [5.41, 5.74) is 7.04. The van der Waals surface area contributed by atoms with Gasteiger partial charge in [0.2, 0.25) is 0 Å². The van der Waals surface area contributed by atoms with Gasteiger partial charge in [0, 0.05) is 47.0 Å². The van der Waals surface area contributed by atoms with E-state index in [1.165, 1.54) is 18.4 Å². The largest absolute Gasteiger partial charge is 0.354 e. The quantitative estimate of drug-likeness (QED) is 0.205. The summed E-state index contributed by atoms with van der Waals surface area (Å²) in [6.07, 6.45) is 6.72. The van der Waals surface area contributed by atoms with Gasteiger partial charge in [-0.25, -0.2) is 0 Å². The molecule has 0 aliphatic carbocycles. The topological polar surface area (TPSA) is 86.4 Å². The molecule has 1 saturated heterocycles. The number of likely N-dealkylation sites (tertiary alicyclic amines) is 1. The van der Waals surface area contributed by atoms with Gasteiger partial charge in [-0.2, -0.15) is 0 Å². The van der Waals surface area contributed by atoms with E-state index < -0.39 is 0 Å². The zero-order valence-electron chi connectivity index (χ0n) is 23.8. The Hall–Kier alpha value is -4.75. The van der Waals surface area contributed by atoms with Gasteiger partial charge in [-0.15, -0.1) is 0 Å². The van der Waals surface area contributed by atoms with Crippen molar-refractivity contribution in [1.82, 2.24) is 15.2 Å². The first-order chi connectivity index (χ1) is 20.6. The molecule has 2 aliphatic heterocycles. The highest BCUT2D eigenvalue weighted by Crippen LogP contribution is 2.38. The summed E-state index contributed by atoms with van der Waals surface area (Å²) in [5.74, 6) is -0.401. The minimum absolute atomic E-state index is 0.107. The molecule has 4 aromatic rings. The van der Waals surface area contributed by atoms with Crippen molar-refractivity contribution in [3.63, 3.8) is 0 Å². The predicted molar refractivity (Wildman–Crippen MR) is 168 cm³/mol. The van der Waals surface area contributed by atoms with Crippen molar-refractivity contribution >= 4 is 34.5 Å². The third kappa shape index (κ3) is 5.97. The number of amides is 2. The molecule has 1 atom stereocenters. The molecule has 3 aromatic carbocycles. The van der Waals surface area contributed by atoms with Crippen molar-refractivity contribution < 1.29 is 9.59 Å². The number of rotatable bonds is 9. The normalized spacial score (nSPS) is 16.5. The molecule has 1 fully saturated rings. The Morgan fingerprint density at radius 2 is 1.67 bits per heavy atom. The van der Waals surface area contributed by atoms with E-state index >= 15 is 0 Å². The molecular formula is C35H35N5O2. The van der Waals surface area contributed by atoms with Crippen LogP contribution in [0.2, 0.25) is 0 Å². The Kier molecular flexibility index (Phi) is 8.10. The third-order valence-corrected chi connectivity index (χ3v) is 7.99. The number of nitrogens with zero attached hydrogens (tertiary/aromatic N) is 2. The van der Waals surface area contributed by atoms with Crippen molar-refractivity contribution in [3.05, 3.63) is 125 Å². The number of pyridine rings is 1. The zero-order chi connectivity index (χ0) is 28.9. The number of aromatic nitrogens is 1. The fourth-order valence-corrected chi connectivity index (χ4v) is 5.74. The van der Waals surface area contributed by atoms with Crippen LogP contribution in [0.15, 0.2) is 97.3 Å². The average Bonchev–Trinajstić information content (AvgIpc) is 3.66. The van der Waals surface area contributed by atoms with Crippen LogP contribution in [0.3, 0.4) is 0 Å². The predicted octanol–water partition coefficient (Wildman–Crippen LogP) is 6.49. The molecule has 3 heterocycles. The molecule has 42 heavy (non-hydrogen) atoms. The summed E-state index contributed by atoms with van der Waals surface area (Å²) < 4.78 is 0. The molecule has 6 rings (SSSR count). The minimum atomic E-state index is -0.219. The average molecular weight is 558 g/mol. The second kappa shape index (κ2) is 12.4. The number of carbonyl (C=O) groups is 2. The van der Waals surface area contributed by atoms with Crippen LogP contribution in [0.25, 0.3) is 11.3 Å². The van der Waals surface area contributed by atoms with E-state index in [0.29, 0.717) is 28.1 Å². The second-order valence-corrected chi connectivity index (χ2v) is 10.9. The Morgan fingerprint density at radius 1 is 0.929 bits per heavy atom. The lowest BCUT2D eigenvalue weighted by molar-refractivity contribution is -0.110.